The third-order valence-electron chi connectivity index (χ3n) is 4.01. The second-order valence-electron chi connectivity index (χ2n) is 5.69. The summed E-state index contributed by atoms with van der Waals surface area (Å²) in [6, 6.07) is 9.92. The van der Waals surface area contributed by atoms with Gasteiger partial charge in [0.25, 0.3) is 0 Å². The highest BCUT2D eigenvalue weighted by molar-refractivity contribution is 9.10. The van der Waals surface area contributed by atoms with Gasteiger partial charge in [0.1, 0.15) is 0 Å². The molecule has 1 fully saturated rings. The molecule has 112 valence electrons. The van der Waals surface area contributed by atoms with Crippen LogP contribution in [0, 0.1) is 0 Å². The van der Waals surface area contributed by atoms with E-state index >= 15 is 0 Å². The minimum atomic E-state index is 0.452. The molecular formula is C17H27BrN2. The van der Waals surface area contributed by atoms with Gasteiger partial charge in [0.2, 0.25) is 0 Å². The van der Waals surface area contributed by atoms with Gasteiger partial charge in [0.05, 0.1) is 0 Å². The highest BCUT2D eigenvalue weighted by atomic mass is 79.9. The van der Waals surface area contributed by atoms with E-state index < -0.39 is 0 Å². The first kappa shape index (κ1) is 16.0. The largest absolute Gasteiger partial charge is 0.310 e. The number of nitrogens with one attached hydrogen (secondary N) is 1. The predicted molar refractivity (Wildman–Crippen MR) is 90.1 cm³/mol. The molecule has 1 N–H and O–H groups in total. The van der Waals surface area contributed by atoms with Crippen molar-refractivity contribution in [2.45, 2.75) is 51.6 Å². The standard InChI is InChI=1S/C17H27BrN2/c1-3-12-20(14-9-10-14)13-11-17(19-4-2)15-7-5-6-8-16(15)18/h5-8,14,17,19H,3-4,9-13H2,1-2H3. The third kappa shape index (κ3) is 4.57. The average molecular weight is 339 g/mol. The van der Waals surface area contributed by atoms with Crippen LogP contribution in [0.25, 0.3) is 0 Å². The molecule has 1 aromatic carbocycles. The number of nitrogens with zero attached hydrogens (tertiary/aromatic N) is 1. The molecule has 0 amide bonds. The predicted octanol–water partition coefficient (Wildman–Crippen LogP) is 4.36. The number of benzene rings is 1. The minimum absolute atomic E-state index is 0.452. The van der Waals surface area contributed by atoms with Gasteiger partial charge in [-0.25, -0.2) is 0 Å². The molecule has 1 aromatic rings. The first-order valence-electron chi connectivity index (χ1n) is 7.98. The molecule has 1 aliphatic rings. The molecule has 1 aliphatic carbocycles. The third-order valence-corrected chi connectivity index (χ3v) is 4.73. The molecule has 0 saturated heterocycles. The van der Waals surface area contributed by atoms with Crippen LogP contribution in [-0.2, 0) is 0 Å². The first-order valence-corrected chi connectivity index (χ1v) is 8.77. The van der Waals surface area contributed by atoms with Crippen LogP contribution in [0.1, 0.15) is 51.1 Å². The van der Waals surface area contributed by atoms with Crippen molar-refractivity contribution >= 4 is 15.9 Å². The Labute approximate surface area is 132 Å². The second kappa shape index (κ2) is 8.16. The zero-order valence-corrected chi connectivity index (χ0v) is 14.3. The fourth-order valence-electron chi connectivity index (χ4n) is 2.87. The molecule has 0 aromatic heterocycles. The average Bonchev–Trinajstić information content (AvgIpc) is 3.27. The second-order valence-corrected chi connectivity index (χ2v) is 6.54. The Morgan fingerprint density at radius 1 is 1.25 bits per heavy atom. The van der Waals surface area contributed by atoms with Gasteiger partial charge in [-0.3, -0.25) is 0 Å². The summed E-state index contributed by atoms with van der Waals surface area (Å²) >= 11 is 3.69. The van der Waals surface area contributed by atoms with Crippen LogP contribution < -0.4 is 5.32 Å². The van der Waals surface area contributed by atoms with Gasteiger partial charge in [-0.2, -0.15) is 0 Å². The van der Waals surface area contributed by atoms with E-state index in [2.05, 4.69) is 64.3 Å². The van der Waals surface area contributed by atoms with E-state index in [1.807, 2.05) is 0 Å². The summed E-state index contributed by atoms with van der Waals surface area (Å²) in [7, 11) is 0. The fourth-order valence-corrected chi connectivity index (χ4v) is 3.43. The first-order chi connectivity index (χ1) is 9.76. The molecule has 1 unspecified atom stereocenters. The van der Waals surface area contributed by atoms with Crippen LogP contribution in [0.3, 0.4) is 0 Å². The number of rotatable bonds is 9. The molecular weight excluding hydrogens is 312 g/mol. The van der Waals surface area contributed by atoms with E-state index in [0.29, 0.717) is 6.04 Å². The molecule has 2 nitrogen and oxygen atoms in total. The number of hydrogen-bond acceptors (Lipinski definition) is 2. The van der Waals surface area contributed by atoms with Crippen molar-refractivity contribution in [3.05, 3.63) is 34.3 Å². The van der Waals surface area contributed by atoms with Gasteiger partial charge in [-0.15, -0.1) is 0 Å². The Hall–Kier alpha value is -0.380. The van der Waals surface area contributed by atoms with Crippen molar-refractivity contribution in [3.63, 3.8) is 0 Å². The lowest BCUT2D eigenvalue weighted by Gasteiger charge is -2.26. The van der Waals surface area contributed by atoms with E-state index in [1.165, 1.54) is 48.8 Å². The maximum atomic E-state index is 3.69. The van der Waals surface area contributed by atoms with Crippen LogP contribution in [-0.4, -0.2) is 30.6 Å². The fraction of sp³-hybridized carbons (Fsp3) is 0.647. The highest BCUT2D eigenvalue weighted by Crippen LogP contribution is 2.30. The topological polar surface area (TPSA) is 15.3 Å². The normalized spacial score (nSPS) is 16.6. The summed E-state index contributed by atoms with van der Waals surface area (Å²) in [5.74, 6) is 0. The van der Waals surface area contributed by atoms with Crippen LogP contribution in [0.5, 0.6) is 0 Å². The van der Waals surface area contributed by atoms with E-state index in [4.69, 9.17) is 0 Å². The van der Waals surface area contributed by atoms with Crippen molar-refractivity contribution < 1.29 is 0 Å². The van der Waals surface area contributed by atoms with E-state index in [-0.39, 0.29) is 0 Å². The van der Waals surface area contributed by atoms with Gasteiger partial charge in [-0.1, -0.05) is 48.0 Å². The molecule has 2 rings (SSSR count). The monoisotopic (exact) mass is 338 g/mol. The maximum Gasteiger partial charge on any atom is 0.0343 e. The lowest BCUT2D eigenvalue weighted by atomic mass is 10.0. The smallest absolute Gasteiger partial charge is 0.0343 e. The van der Waals surface area contributed by atoms with Crippen molar-refractivity contribution in [1.82, 2.24) is 10.2 Å². The molecule has 3 heteroatoms. The van der Waals surface area contributed by atoms with Gasteiger partial charge >= 0.3 is 0 Å². The zero-order chi connectivity index (χ0) is 14.4. The molecule has 0 spiro atoms. The van der Waals surface area contributed by atoms with Crippen molar-refractivity contribution in [2.75, 3.05) is 19.6 Å². The quantitative estimate of drug-likeness (QED) is 0.719. The molecule has 0 radical (unpaired) electrons. The van der Waals surface area contributed by atoms with Gasteiger partial charge < -0.3 is 10.2 Å². The van der Waals surface area contributed by atoms with Crippen molar-refractivity contribution in [3.8, 4) is 0 Å². The van der Waals surface area contributed by atoms with E-state index in [9.17, 15) is 0 Å². The molecule has 0 aliphatic heterocycles. The number of hydrogen-bond donors (Lipinski definition) is 1. The van der Waals surface area contributed by atoms with Crippen molar-refractivity contribution in [1.29, 1.82) is 0 Å². The molecule has 1 atom stereocenters. The molecule has 20 heavy (non-hydrogen) atoms. The van der Waals surface area contributed by atoms with Crippen molar-refractivity contribution in [2.24, 2.45) is 0 Å². The minimum Gasteiger partial charge on any atom is -0.310 e. The van der Waals surface area contributed by atoms with Gasteiger partial charge in [0, 0.05) is 23.1 Å². The Balaban J connectivity index is 1.96. The van der Waals surface area contributed by atoms with Crippen LogP contribution in [0.4, 0.5) is 0 Å². The molecule has 1 saturated carbocycles. The molecule has 0 bridgehead atoms. The van der Waals surface area contributed by atoms with Crippen LogP contribution >= 0.6 is 15.9 Å². The highest BCUT2D eigenvalue weighted by Gasteiger charge is 2.28. The lowest BCUT2D eigenvalue weighted by Crippen LogP contribution is -2.32. The molecule has 0 heterocycles. The van der Waals surface area contributed by atoms with Crippen LogP contribution in [0.2, 0.25) is 0 Å². The summed E-state index contributed by atoms with van der Waals surface area (Å²) < 4.78 is 1.22. The van der Waals surface area contributed by atoms with E-state index in [0.717, 1.165) is 12.6 Å². The number of halogens is 1. The van der Waals surface area contributed by atoms with Gasteiger partial charge in [0.15, 0.2) is 0 Å². The Morgan fingerprint density at radius 3 is 2.60 bits per heavy atom. The van der Waals surface area contributed by atoms with E-state index in [1.54, 1.807) is 0 Å². The maximum absolute atomic E-state index is 3.69. The summed E-state index contributed by atoms with van der Waals surface area (Å²) in [6.45, 7) is 7.94. The summed E-state index contributed by atoms with van der Waals surface area (Å²) in [6.07, 6.45) is 5.26. The summed E-state index contributed by atoms with van der Waals surface area (Å²) in [4.78, 5) is 2.68. The van der Waals surface area contributed by atoms with Gasteiger partial charge in [-0.05, 0) is 50.4 Å². The zero-order valence-electron chi connectivity index (χ0n) is 12.7. The summed E-state index contributed by atoms with van der Waals surface area (Å²) in [5.41, 5.74) is 1.39. The SMILES string of the molecule is CCCN(CCC(NCC)c1ccccc1Br)C1CC1. The summed E-state index contributed by atoms with van der Waals surface area (Å²) in [5, 5.41) is 3.64. The Morgan fingerprint density at radius 2 is 2.00 bits per heavy atom. The lowest BCUT2D eigenvalue weighted by molar-refractivity contribution is 0.247. The Kier molecular flexibility index (Phi) is 6.53. The Bertz CT molecular complexity index is 404. The van der Waals surface area contributed by atoms with Crippen LogP contribution in [0.15, 0.2) is 28.7 Å².